The average molecular weight is 272 g/mol. The van der Waals surface area contributed by atoms with Gasteiger partial charge in [0.2, 0.25) is 0 Å². The molecule has 0 aromatic carbocycles. The van der Waals surface area contributed by atoms with Crippen LogP contribution in [-0.4, -0.2) is 19.9 Å². The molecular formula is C11H11Cl2N3O. The van der Waals surface area contributed by atoms with Crippen molar-refractivity contribution >= 4 is 23.2 Å². The summed E-state index contributed by atoms with van der Waals surface area (Å²) < 4.78 is 1.69. The van der Waals surface area contributed by atoms with Crippen LogP contribution in [0.2, 0.25) is 10.0 Å². The zero-order valence-corrected chi connectivity index (χ0v) is 10.7. The number of aliphatic hydroxyl groups excluding tert-OH is 1. The standard InChI is InChI=1S/C11H11Cl2N3O/c1-2-16-9(3-4-15-16)11(17)10-8(13)5-7(12)6-14-10/h3-6,11,17H,2H2,1H3. The Hall–Kier alpha value is -1.10. The Morgan fingerprint density at radius 2 is 2.24 bits per heavy atom. The monoisotopic (exact) mass is 271 g/mol. The largest absolute Gasteiger partial charge is 0.380 e. The van der Waals surface area contributed by atoms with Gasteiger partial charge in [0.25, 0.3) is 0 Å². The van der Waals surface area contributed by atoms with Gasteiger partial charge < -0.3 is 5.11 Å². The van der Waals surface area contributed by atoms with Gasteiger partial charge >= 0.3 is 0 Å². The van der Waals surface area contributed by atoms with Crippen LogP contribution in [0.15, 0.2) is 24.5 Å². The van der Waals surface area contributed by atoms with Crippen LogP contribution in [0, 0.1) is 0 Å². The van der Waals surface area contributed by atoms with Gasteiger partial charge in [-0.05, 0) is 19.1 Å². The normalized spacial score (nSPS) is 12.7. The second-order valence-corrected chi connectivity index (χ2v) is 4.34. The molecule has 2 aromatic heterocycles. The molecule has 0 amide bonds. The highest BCUT2D eigenvalue weighted by Crippen LogP contribution is 2.27. The summed E-state index contributed by atoms with van der Waals surface area (Å²) in [5, 5.41) is 15.1. The van der Waals surface area contributed by atoms with Crippen LogP contribution in [0.25, 0.3) is 0 Å². The van der Waals surface area contributed by atoms with Crippen molar-refractivity contribution < 1.29 is 5.11 Å². The molecule has 2 aromatic rings. The van der Waals surface area contributed by atoms with E-state index in [0.717, 1.165) is 0 Å². The molecule has 0 spiro atoms. The second kappa shape index (κ2) is 5.04. The minimum Gasteiger partial charge on any atom is -0.380 e. The fourth-order valence-electron chi connectivity index (χ4n) is 1.61. The fraction of sp³-hybridized carbons (Fsp3) is 0.273. The Labute approximate surface area is 109 Å². The first-order valence-electron chi connectivity index (χ1n) is 5.14. The topological polar surface area (TPSA) is 50.9 Å². The van der Waals surface area contributed by atoms with Crippen LogP contribution in [0.1, 0.15) is 24.4 Å². The molecular weight excluding hydrogens is 261 g/mol. The van der Waals surface area contributed by atoms with E-state index in [9.17, 15) is 5.11 Å². The van der Waals surface area contributed by atoms with Gasteiger partial charge in [0, 0.05) is 18.9 Å². The lowest BCUT2D eigenvalue weighted by Crippen LogP contribution is -2.10. The summed E-state index contributed by atoms with van der Waals surface area (Å²) in [6.07, 6.45) is 2.19. The van der Waals surface area contributed by atoms with E-state index >= 15 is 0 Å². The molecule has 17 heavy (non-hydrogen) atoms. The summed E-state index contributed by atoms with van der Waals surface area (Å²) in [7, 11) is 0. The lowest BCUT2D eigenvalue weighted by Gasteiger charge is -2.13. The van der Waals surface area contributed by atoms with Crippen LogP contribution < -0.4 is 0 Å². The molecule has 0 saturated carbocycles. The van der Waals surface area contributed by atoms with Crippen molar-refractivity contribution in [3.8, 4) is 0 Å². The number of halogens is 2. The molecule has 1 atom stereocenters. The van der Waals surface area contributed by atoms with Gasteiger partial charge in [-0.15, -0.1) is 0 Å². The Morgan fingerprint density at radius 1 is 1.47 bits per heavy atom. The highest BCUT2D eigenvalue weighted by molar-refractivity contribution is 6.34. The van der Waals surface area contributed by atoms with Gasteiger partial charge in [-0.2, -0.15) is 5.10 Å². The van der Waals surface area contributed by atoms with Crippen LogP contribution in [0.5, 0.6) is 0 Å². The molecule has 0 fully saturated rings. The van der Waals surface area contributed by atoms with Crippen molar-refractivity contribution in [2.45, 2.75) is 19.6 Å². The molecule has 1 N–H and O–H groups in total. The third kappa shape index (κ3) is 2.44. The van der Waals surface area contributed by atoms with Gasteiger partial charge in [-0.25, -0.2) is 0 Å². The summed E-state index contributed by atoms with van der Waals surface area (Å²) in [6.45, 7) is 2.62. The number of hydrogen-bond donors (Lipinski definition) is 1. The summed E-state index contributed by atoms with van der Waals surface area (Å²) in [5.41, 5.74) is 1.04. The Bertz CT molecular complexity index is 527. The zero-order valence-electron chi connectivity index (χ0n) is 9.14. The molecule has 90 valence electrons. The molecule has 1 unspecified atom stereocenters. The first kappa shape index (κ1) is 12.4. The van der Waals surface area contributed by atoms with E-state index in [1.54, 1.807) is 23.0 Å². The van der Waals surface area contributed by atoms with E-state index in [2.05, 4.69) is 10.1 Å². The van der Waals surface area contributed by atoms with E-state index in [1.807, 2.05) is 6.92 Å². The highest BCUT2D eigenvalue weighted by Gasteiger charge is 2.19. The van der Waals surface area contributed by atoms with Crippen LogP contribution in [0.3, 0.4) is 0 Å². The van der Waals surface area contributed by atoms with Gasteiger partial charge in [0.15, 0.2) is 0 Å². The molecule has 0 aliphatic rings. The van der Waals surface area contributed by atoms with Crippen molar-refractivity contribution in [3.05, 3.63) is 46.0 Å². The maximum atomic E-state index is 10.2. The smallest absolute Gasteiger partial charge is 0.139 e. The number of aromatic nitrogens is 3. The minimum atomic E-state index is -0.901. The molecule has 0 saturated heterocycles. The average Bonchev–Trinajstić information content (AvgIpc) is 2.76. The highest BCUT2D eigenvalue weighted by atomic mass is 35.5. The van der Waals surface area contributed by atoms with Crippen molar-refractivity contribution in [1.82, 2.24) is 14.8 Å². The zero-order chi connectivity index (χ0) is 12.4. The molecule has 0 bridgehead atoms. The van der Waals surface area contributed by atoms with Crippen molar-refractivity contribution in [2.24, 2.45) is 0 Å². The van der Waals surface area contributed by atoms with E-state index in [-0.39, 0.29) is 0 Å². The first-order chi connectivity index (χ1) is 8.13. The lowest BCUT2D eigenvalue weighted by atomic mass is 10.1. The van der Waals surface area contributed by atoms with E-state index in [0.29, 0.717) is 28.0 Å². The van der Waals surface area contributed by atoms with Gasteiger partial charge in [0.05, 0.1) is 21.4 Å². The van der Waals surface area contributed by atoms with Crippen molar-refractivity contribution in [3.63, 3.8) is 0 Å². The molecule has 2 rings (SSSR count). The second-order valence-electron chi connectivity index (χ2n) is 3.49. The van der Waals surface area contributed by atoms with Gasteiger partial charge in [0.1, 0.15) is 6.10 Å². The third-order valence-corrected chi connectivity index (χ3v) is 2.93. The number of rotatable bonds is 3. The Morgan fingerprint density at radius 3 is 2.88 bits per heavy atom. The van der Waals surface area contributed by atoms with Crippen molar-refractivity contribution in [2.75, 3.05) is 0 Å². The number of aliphatic hydroxyl groups is 1. The Kier molecular flexibility index (Phi) is 3.66. The molecule has 0 aliphatic heterocycles. The maximum Gasteiger partial charge on any atom is 0.139 e. The van der Waals surface area contributed by atoms with Crippen LogP contribution in [0.4, 0.5) is 0 Å². The molecule has 6 heteroatoms. The van der Waals surface area contributed by atoms with E-state index in [4.69, 9.17) is 23.2 Å². The van der Waals surface area contributed by atoms with E-state index in [1.165, 1.54) is 6.20 Å². The Balaban J connectivity index is 2.40. The van der Waals surface area contributed by atoms with Gasteiger partial charge in [-0.1, -0.05) is 23.2 Å². The molecule has 0 aliphatic carbocycles. The predicted octanol–water partition coefficient (Wildman–Crippen LogP) is 2.69. The quantitative estimate of drug-likeness (QED) is 0.934. The van der Waals surface area contributed by atoms with Crippen LogP contribution in [-0.2, 0) is 6.54 Å². The predicted molar refractivity (Wildman–Crippen MR) is 66.2 cm³/mol. The fourth-order valence-corrected chi connectivity index (χ4v) is 2.09. The number of hydrogen-bond acceptors (Lipinski definition) is 3. The maximum absolute atomic E-state index is 10.2. The number of pyridine rings is 1. The SMILES string of the molecule is CCn1nccc1C(O)c1ncc(Cl)cc1Cl. The summed E-state index contributed by atoms with van der Waals surface area (Å²) in [4.78, 5) is 4.05. The molecule has 2 heterocycles. The van der Waals surface area contributed by atoms with Gasteiger partial charge in [-0.3, -0.25) is 9.67 Å². The summed E-state index contributed by atoms with van der Waals surface area (Å²) >= 11 is 11.8. The molecule has 4 nitrogen and oxygen atoms in total. The first-order valence-corrected chi connectivity index (χ1v) is 5.89. The van der Waals surface area contributed by atoms with E-state index < -0.39 is 6.10 Å². The number of aryl methyl sites for hydroxylation is 1. The molecule has 0 radical (unpaired) electrons. The lowest BCUT2D eigenvalue weighted by molar-refractivity contribution is 0.203. The van der Waals surface area contributed by atoms with Crippen LogP contribution >= 0.6 is 23.2 Å². The van der Waals surface area contributed by atoms with Crippen molar-refractivity contribution in [1.29, 1.82) is 0 Å². The summed E-state index contributed by atoms with van der Waals surface area (Å²) in [5.74, 6) is 0. The number of nitrogens with zero attached hydrogens (tertiary/aromatic N) is 3. The summed E-state index contributed by atoms with van der Waals surface area (Å²) in [6, 6.07) is 3.29. The third-order valence-electron chi connectivity index (χ3n) is 2.42. The minimum absolute atomic E-state index is 0.342.